The van der Waals surface area contributed by atoms with Crippen molar-refractivity contribution in [3.63, 3.8) is 0 Å². The number of rotatable bonds is 8. The zero-order chi connectivity index (χ0) is 46.2. The summed E-state index contributed by atoms with van der Waals surface area (Å²) < 4.78 is 13.7. The van der Waals surface area contributed by atoms with Crippen LogP contribution in [0.15, 0.2) is 173 Å². The van der Waals surface area contributed by atoms with Gasteiger partial charge in [0.2, 0.25) is 0 Å². The molecule has 0 N–H and O–H groups in total. The van der Waals surface area contributed by atoms with Crippen molar-refractivity contribution >= 4 is 110 Å². The topological polar surface area (TPSA) is 32.8 Å². The molecule has 0 aliphatic heterocycles. The van der Waals surface area contributed by atoms with E-state index in [0.717, 1.165) is 90.8 Å². The van der Waals surface area contributed by atoms with Gasteiger partial charge in [-0.25, -0.2) is 0 Å². The number of benzene rings is 10. The number of para-hydroxylation sites is 4. The Labute approximate surface area is 397 Å². The summed E-state index contributed by atoms with van der Waals surface area (Å²) in [6, 6.07) is 60.8. The van der Waals surface area contributed by atoms with Crippen LogP contribution in [0.25, 0.3) is 76.2 Å². The highest BCUT2D eigenvalue weighted by Crippen LogP contribution is 2.55. The molecule has 12 aromatic rings. The van der Waals surface area contributed by atoms with E-state index in [1.807, 2.05) is 0 Å². The maximum Gasteiger partial charge on any atom is 0.159 e. The molecule has 0 unspecified atom stereocenters. The van der Waals surface area contributed by atoms with Crippen LogP contribution >= 0.6 is 0 Å². The Bertz CT molecular complexity index is 3960. The lowest BCUT2D eigenvalue weighted by Crippen LogP contribution is -2.24. The van der Waals surface area contributed by atoms with E-state index in [2.05, 4.69) is 222 Å². The van der Waals surface area contributed by atoms with Crippen molar-refractivity contribution in [3.8, 4) is 0 Å². The second-order valence-corrected chi connectivity index (χ2v) is 20.6. The average Bonchev–Trinajstić information content (AvgIpc) is 3.93. The zero-order valence-electron chi connectivity index (χ0n) is 39.9. The van der Waals surface area contributed by atoms with E-state index >= 15 is 0 Å². The molecular formula is C64H54N2O2. The predicted molar refractivity (Wildman–Crippen MR) is 288 cm³/mol. The van der Waals surface area contributed by atoms with Crippen molar-refractivity contribution in [2.45, 2.75) is 78.6 Å². The first-order valence-electron chi connectivity index (χ1n) is 24.4. The number of nitrogens with zero attached hydrogens (tertiary/aromatic N) is 2. The summed E-state index contributed by atoms with van der Waals surface area (Å²) >= 11 is 0. The highest BCUT2D eigenvalue weighted by atomic mass is 16.3. The fourth-order valence-electron chi connectivity index (χ4n) is 11.7. The Morgan fingerprint density at radius 1 is 0.441 bits per heavy atom. The zero-order valence-corrected chi connectivity index (χ0v) is 39.9. The largest absolute Gasteiger partial charge is 0.454 e. The van der Waals surface area contributed by atoms with Crippen molar-refractivity contribution in [1.29, 1.82) is 0 Å². The van der Waals surface area contributed by atoms with Crippen LogP contribution in [0, 0.1) is 6.92 Å². The minimum atomic E-state index is -0.0574. The average molecular weight is 883 g/mol. The maximum atomic E-state index is 6.87. The summed E-state index contributed by atoms with van der Waals surface area (Å²) in [7, 11) is 0. The smallest absolute Gasteiger partial charge is 0.159 e. The van der Waals surface area contributed by atoms with E-state index in [1.54, 1.807) is 0 Å². The van der Waals surface area contributed by atoms with Gasteiger partial charge in [-0.2, -0.15) is 0 Å². The van der Waals surface area contributed by atoms with Crippen LogP contribution in [0.4, 0.5) is 34.1 Å². The summed E-state index contributed by atoms with van der Waals surface area (Å²) in [5.41, 5.74) is 16.7. The number of hydrogen-bond donors (Lipinski definition) is 0. The molecule has 2 heterocycles. The highest BCUT2D eigenvalue weighted by molar-refractivity contribution is 6.31. The van der Waals surface area contributed by atoms with Gasteiger partial charge in [-0.05, 0) is 148 Å². The predicted octanol–water partition coefficient (Wildman–Crippen LogP) is 19.1. The molecule has 0 amide bonds. The van der Waals surface area contributed by atoms with E-state index < -0.39 is 0 Å². The van der Waals surface area contributed by atoms with Crippen LogP contribution in [0.1, 0.15) is 87.6 Å². The summed E-state index contributed by atoms with van der Waals surface area (Å²) in [5, 5.41) is 12.3. The lowest BCUT2D eigenvalue weighted by atomic mass is 9.70. The summed E-state index contributed by atoms with van der Waals surface area (Å²) in [6.07, 6.45) is 2.04. The van der Waals surface area contributed by atoms with E-state index in [1.165, 1.54) is 60.1 Å². The molecule has 1 aliphatic rings. The molecular weight excluding hydrogens is 829 g/mol. The Hall–Kier alpha value is -7.56. The van der Waals surface area contributed by atoms with Crippen LogP contribution in [0.5, 0.6) is 0 Å². The van der Waals surface area contributed by atoms with Gasteiger partial charge in [-0.3, -0.25) is 0 Å². The van der Waals surface area contributed by atoms with Gasteiger partial charge in [0.1, 0.15) is 11.2 Å². The van der Waals surface area contributed by atoms with E-state index in [4.69, 9.17) is 8.83 Å². The van der Waals surface area contributed by atoms with Crippen molar-refractivity contribution in [2.75, 3.05) is 9.80 Å². The van der Waals surface area contributed by atoms with Gasteiger partial charge in [0.05, 0.1) is 22.7 Å². The quantitative estimate of drug-likeness (QED) is 0.142. The van der Waals surface area contributed by atoms with E-state index in [-0.39, 0.29) is 5.41 Å². The van der Waals surface area contributed by atoms with E-state index in [9.17, 15) is 0 Å². The first kappa shape index (κ1) is 40.7. The fourth-order valence-corrected chi connectivity index (χ4v) is 11.7. The molecule has 332 valence electrons. The molecule has 2 aromatic heterocycles. The third kappa shape index (κ3) is 5.99. The monoisotopic (exact) mass is 882 g/mol. The SMILES string of the molecule is Cc1cc(N(c2ccc(C(C)C)cc2)c2cccc3c2oc2ccccc23)c2cc3c4c(cc(N(c5ccc(C(C)C)cc5)c5cccc6c5oc5ccccc56)c5ccc1c2c54)CCC3(C)C. The van der Waals surface area contributed by atoms with Crippen LogP contribution in [0.2, 0.25) is 0 Å². The van der Waals surface area contributed by atoms with Gasteiger partial charge in [0.25, 0.3) is 0 Å². The minimum Gasteiger partial charge on any atom is -0.454 e. The number of hydrogen-bond acceptors (Lipinski definition) is 4. The molecule has 13 rings (SSSR count). The van der Waals surface area contributed by atoms with Crippen LogP contribution in [-0.4, -0.2) is 0 Å². The molecule has 4 heteroatoms. The molecule has 0 saturated heterocycles. The lowest BCUT2D eigenvalue weighted by molar-refractivity contribution is 0.475. The van der Waals surface area contributed by atoms with Crippen LogP contribution in [-0.2, 0) is 11.8 Å². The first-order chi connectivity index (χ1) is 33.0. The molecule has 1 aliphatic carbocycles. The molecule has 0 atom stereocenters. The second-order valence-electron chi connectivity index (χ2n) is 20.6. The maximum absolute atomic E-state index is 6.87. The number of furan rings is 2. The molecule has 10 aromatic carbocycles. The van der Waals surface area contributed by atoms with Gasteiger partial charge in [0.15, 0.2) is 11.2 Å². The molecule has 0 radical (unpaired) electrons. The van der Waals surface area contributed by atoms with Gasteiger partial charge >= 0.3 is 0 Å². The molecule has 4 nitrogen and oxygen atoms in total. The summed E-state index contributed by atoms with van der Waals surface area (Å²) in [4.78, 5) is 4.96. The van der Waals surface area contributed by atoms with Gasteiger partial charge < -0.3 is 18.6 Å². The number of fused-ring (bicyclic) bond motifs is 6. The molecule has 0 fully saturated rings. The molecule has 0 bridgehead atoms. The fraction of sp³-hybridized carbons (Fsp3) is 0.188. The van der Waals surface area contributed by atoms with E-state index in [0.29, 0.717) is 11.8 Å². The Kier molecular flexibility index (Phi) is 8.96. The first-order valence-corrected chi connectivity index (χ1v) is 24.4. The highest BCUT2D eigenvalue weighted by Gasteiger charge is 2.34. The lowest BCUT2D eigenvalue weighted by Gasteiger charge is -2.37. The summed E-state index contributed by atoms with van der Waals surface area (Å²) in [5.74, 6) is 0.833. The molecule has 0 spiro atoms. The van der Waals surface area contributed by atoms with Crippen molar-refractivity contribution in [3.05, 3.63) is 192 Å². The van der Waals surface area contributed by atoms with Crippen molar-refractivity contribution in [1.82, 2.24) is 0 Å². The Morgan fingerprint density at radius 3 is 1.49 bits per heavy atom. The minimum absolute atomic E-state index is 0.0574. The van der Waals surface area contributed by atoms with Crippen molar-refractivity contribution < 1.29 is 8.83 Å². The number of aryl methyl sites for hydroxylation is 2. The molecule has 0 saturated carbocycles. The standard InChI is InChI=1S/C64H54N2O2/c1-37(2)40-22-26-43(27-23-40)65(53-18-12-16-48-46-14-8-10-20-57(46)67-62(48)53)55-34-39(5)45-30-31-50-56(35-42-32-33-64(6,7)52-36-51(55)60(45)61(50)59(42)52)66(44-28-24-41(25-29-44)38(3)4)54-19-13-17-49-47-15-9-11-21-58(47)68-63(49)54/h8-31,34-38H,32-33H2,1-7H3. The van der Waals surface area contributed by atoms with Crippen LogP contribution in [0.3, 0.4) is 0 Å². The summed E-state index contributed by atoms with van der Waals surface area (Å²) in [6.45, 7) is 16.2. The van der Waals surface area contributed by atoms with Gasteiger partial charge in [-0.1, -0.05) is 139 Å². The van der Waals surface area contributed by atoms with Gasteiger partial charge in [-0.15, -0.1) is 0 Å². The third-order valence-electron chi connectivity index (χ3n) is 15.4. The Morgan fingerprint density at radius 2 is 0.941 bits per heavy atom. The van der Waals surface area contributed by atoms with Gasteiger partial charge in [0, 0.05) is 49.1 Å². The second kappa shape index (κ2) is 15.0. The Balaban J connectivity index is 1.15. The van der Waals surface area contributed by atoms with Crippen LogP contribution < -0.4 is 9.80 Å². The molecule has 68 heavy (non-hydrogen) atoms. The van der Waals surface area contributed by atoms with Crippen molar-refractivity contribution in [2.24, 2.45) is 0 Å². The third-order valence-corrected chi connectivity index (χ3v) is 15.4. The normalized spacial score (nSPS) is 13.8. The number of anilines is 6.